The first-order valence-electron chi connectivity index (χ1n) is 6.78. The first-order chi connectivity index (χ1) is 8.66. The second-order valence-electron chi connectivity index (χ2n) is 5.35. The molecule has 0 bridgehead atoms. The van der Waals surface area contributed by atoms with Crippen LogP contribution >= 0.6 is 0 Å². The minimum Gasteiger partial charge on any atom is -0.326 e. The van der Waals surface area contributed by atoms with Crippen LogP contribution in [0.1, 0.15) is 37.8 Å². The predicted octanol–water partition coefficient (Wildman–Crippen LogP) is 2.71. The van der Waals surface area contributed by atoms with E-state index in [1.807, 2.05) is 12.1 Å². The average Bonchev–Trinajstić information content (AvgIpc) is 2.37. The number of nitrogens with one attached hydrogen (secondary N) is 2. The Morgan fingerprint density at radius 1 is 1.44 bits per heavy atom. The molecule has 2 rings (SSSR count). The number of carbonyl (C=O) groups is 1. The highest BCUT2D eigenvalue weighted by atomic mass is 16.1. The monoisotopic (exact) mass is 246 g/mol. The van der Waals surface area contributed by atoms with Gasteiger partial charge in [0.2, 0.25) is 5.91 Å². The van der Waals surface area contributed by atoms with E-state index in [9.17, 15) is 4.79 Å². The van der Waals surface area contributed by atoms with E-state index >= 15 is 0 Å². The predicted molar refractivity (Wildman–Crippen MR) is 74.6 cm³/mol. The lowest BCUT2D eigenvalue weighted by atomic mass is 9.99. The van der Waals surface area contributed by atoms with Crippen LogP contribution in [0.15, 0.2) is 18.2 Å². The van der Waals surface area contributed by atoms with Gasteiger partial charge in [0.25, 0.3) is 0 Å². The molecule has 0 aliphatic carbocycles. The Hall–Kier alpha value is -1.35. The second kappa shape index (κ2) is 6.01. The molecule has 0 unspecified atom stereocenters. The number of anilines is 1. The van der Waals surface area contributed by atoms with Gasteiger partial charge in [-0.15, -0.1) is 0 Å². The van der Waals surface area contributed by atoms with Crippen LogP contribution in [0.4, 0.5) is 5.69 Å². The Morgan fingerprint density at radius 3 is 3.06 bits per heavy atom. The van der Waals surface area contributed by atoms with Gasteiger partial charge in [0.1, 0.15) is 0 Å². The number of benzene rings is 1. The summed E-state index contributed by atoms with van der Waals surface area (Å²) in [6.07, 6.45) is 2.55. The molecule has 2 N–H and O–H groups in total. The van der Waals surface area contributed by atoms with E-state index in [1.54, 1.807) is 0 Å². The summed E-state index contributed by atoms with van der Waals surface area (Å²) in [4.78, 5) is 11.9. The van der Waals surface area contributed by atoms with Crippen molar-refractivity contribution in [2.45, 2.75) is 39.7 Å². The van der Waals surface area contributed by atoms with E-state index in [0.29, 0.717) is 12.3 Å². The van der Waals surface area contributed by atoms with Crippen molar-refractivity contribution in [3.63, 3.8) is 0 Å². The summed E-state index contributed by atoms with van der Waals surface area (Å²) in [5.41, 5.74) is 3.61. The highest BCUT2D eigenvalue weighted by Gasteiger charge is 2.13. The van der Waals surface area contributed by atoms with E-state index in [0.717, 1.165) is 31.6 Å². The smallest absolute Gasteiger partial charge is 0.224 e. The molecule has 98 valence electrons. The van der Waals surface area contributed by atoms with Crippen molar-refractivity contribution in [2.75, 3.05) is 11.9 Å². The topological polar surface area (TPSA) is 41.1 Å². The fraction of sp³-hybridized carbons (Fsp3) is 0.533. The van der Waals surface area contributed by atoms with Crippen molar-refractivity contribution < 1.29 is 4.79 Å². The van der Waals surface area contributed by atoms with E-state index in [1.165, 1.54) is 11.1 Å². The van der Waals surface area contributed by atoms with Gasteiger partial charge in [-0.2, -0.15) is 0 Å². The maximum absolute atomic E-state index is 11.9. The average molecular weight is 246 g/mol. The Kier molecular flexibility index (Phi) is 4.37. The molecule has 1 aliphatic rings. The maximum Gasteiger partial charge on any atom is 0.224 e. The zero-order valence-electron chi connectivity index (χ0n) is 11.3. The molecule has 18 heavy (non-hydrogen) atoms. The minimum atomic E-state index is 0.135. The molecule has 1 aromatic carbocycles. The van der Waals surface area contributed by atoms with Crippen molar-refractivity contribution in [1.82, 2.24) is 5.32 Å². The zero-order valence-corrected chi connectivity index (χ0v) is 11.3. The third kappa shape index (κ3) is 3.33. The normalized spacial score (nSPS) is 14.4. The van der Waals surface area contributed by atoms with Crippen LogP contribution in [0, 0.1) is 5.92 Å². The van der Waals surface area contributed by atoms with Gasteiger partial charge < -0.3 is 10.6 Å². The van der Waals surface area contributed by atoms with Gasteiger partial charge in [0, 0.05) is 18.7 Å². The summed E-state index contributed by atoms with van der Waals surface area (Å²) >= 11 is 0. The molecule has 0 saturated carbocycles. The molecule has 1 aromatic rings. The Labute approximate surface area is 109 Å². The first kappa shape index (κ1) is 13.1. The van der Waals surface area contributed by atoms with Crippen LogP contribution in [0.5, 0.6) is 0 Å². The van der Waals surface area contributed by atoms with Crippen LogP contribution < -0.4 is 10.6 Å². The molecule has 0 atom stereocenters. The summed E-state index contributed by atoms with van der Waals surface area (Å²) in [6, 6.07) is 6.16. The lowest BCUT2D eigenvalue weighted by Crippen LogP contribution is -2.25. The van der Waals surface area contributed by atoms with Crippen LogP contribution in [0.25, 0.3) is 0 Å². The number of rotatable bonds is 4. The molecule has 0 aromatic heterocycles. The summed E-state index contributed by atoms with van der Waals surface area (Å²) < 4.78 is 0. The summed E-state index contributed by atoms with van der Waals surface area (Å²) in [5.74, 6) is 0.709. The van der Waals surface area contributed by atoms with Crippen molar-refractivity contribution >= 4 is 11.6 Å². The molecular weight excluding hydrogens is 224 g/mol. The standard InChI is InChI=1S/C15H22N2O/c1-11(2)6-7-15(18)17-14-5-3-4-12-10-16-9-8-13(12)14/h3-5,11,16H,6-10H2,1-2H3,(H,17,18). The Morgan fingerprint density at radius 2 is 2.28 bits per heavy atom. The highest BCUT2D eigenvalue weighted by Crippen LogP contribution is 2.23. The molecule has 0 saturated heterocycles. The third-order valence-electron chi connectivity index (χ3n) is 3.36. The summed E-state index contributed by atoms with van der Waals surface area (Å²) in [7, 11) is 0. The van der Waals surface area contributed by atoms with E-state index in [4.69, 9.17) is 0 Å². The zero-order chi connectivity index (χ0) is 13.0. The van der Waals surface area contributed by atoms with Crippen molar-refractivity contribution in [3.05, 3.63) is 29.3 Å². The molecule has 1 aliphatic heterocycles. The van der Waals surface area contributed by atoms with Gasteiger partial charge in [-0.1, -0.05) is 26.0 Å². The van der Waals surface area contributed by atoms with Crippen LogP contribution in [-0.2, 0) is 17.8 Å². The van der Waals surface area contributed by atoms with E-state index in [2.05, 4.69) is 30.5 Å². The summed E-state index contributed by atoms with van der Waals surface area (Å²) in [6.45, 7) is 6.18. The lowest BCUT2D eigenvalue weighted by Gasteiger charge is -2.20. The molecule has 0 spiro atoms. The van der Waals surface area contributed by atoms with Crippen molar-refractivity contribution in [1.29, 1.82) is 0 Å². The highest BCUT2D eigenvalue weighted by molar-refractivity contribution is 5.91. The number of fused-ring (bicyclic) bond motifs is 1. The van der Waals surface area contributed by atoms with Crippen molar-refractivity contribution in [2.24, 2.45) is 5.92 Å². The van der Waals surface area contributed by atoms with Gasteiger partial charge in [-0.25, -0.2) is 0 Å². The lowest BCUT2D eigenvalue weighted by molar-refractivity contribution is -0.116. The van der Waals surface area contributed by atoms with Crippen molar-refractivity contribution in [3.8, 4) is 0 Å². The molecule has 3 nitrogen and oxygen atoms in total. The minimum absolute atomic E-state index is 0.135. The SMILES string of the molecule is CC(C)CCC(=O)Nc1cccc2c1CCNC2. The van der Waals surface area contributed by atoms with E-state index in [-0.39, 0.29) is 5.91 Å². The molecule has 1 heterocycles. The van der Waals surface area contributed by atoms with Gasteiger partial charge >= 0.3 is 0 Å². The number of amides is 1. The fourth-order valence-corrected chi connectivity index (χ4v) is 2.28. The molecule has 3 heteroatoms. The Bertz CT molecular complexity index is 427. The number of hydrogen-bond acceptors (Lipinski definition) is 2. The van der Waals surface area contributed by atoms with E-state index < -0.39 is 0 Å². The molecule has 0 fully saturated rings. The Balaban J connectivity index is 2.03. The molecular formula is C15H22N2O. The van der Waals surface area contributed by atoms with Gasteiger partial charge in [-0.3, -0.25) is 4.79 Å². The van der Waals surface area contributed by atoms with Crippen LogP contribution in [-0.4, -0.2) is 12.5 Å². The van der Waals surface area contributed by atoms with Gasteiger partial charge in [0.05, 0.1) is 0 Å². The van der Waals surface area contributed by atoms with Gasteiger partial charge in [0.15, 0.2) is 0 Å². The number of carbonyl (C=O) groups excluding carboxylic acids is 1. The maximum atomic E-state index is 11.9. The van der Waals surface area contributed by atoms with Crippen LogP contribution in [0.2, 0.25) is 0 Å². The number of hydrogen-bond donors (Lipinski definition) is 2. The van der Waals surface area contributed by atoms with Crippen LogP contribution in [0.3, 0.4) is 0 Å². The summed E-state index contributed by atoms with van der Waals surface area (Å²) in [5, 5.41) is 6.41. The molecule has 0 radical (unpaired) electrons. The fourth-order valence-electron chi connectivity index (χ4n) is 2.28. The largest absolute Gasteiger partial charge is 0.326 e. The first-order valence-corrected chi connectivity index (χ1v) is 6.78. The van der Waals surface area contributed by atoms with Gasteiger partial charge in [-0.05, 0) is 42.5 Å². The molecule has 1 amide bonds. The third-order valence-corrected chi connectivity index (χ3v) is 3.36. The quantitative estimate of drug-likeness (QED) is 0.857. The second-order valence-corrected chi connectivity index (χ2v) is 5.35.